The normalized spacial score (nSPS) is 14.1. The van der Waals surface area contributed by atoms with Crippen molar-refractivity contribution in [2.75, 3.05) is 18.0 Å². The molecule has 0 atom stereocenters. The van der Waals surface area contributed by atoms with Crippen LogP contribution in [0.3, 0.4) is 0 Å². The second-order valence-electron chi connectivity index (χ2n) is 4.89. The Kier molecular flexibility index (Phi) is 3.23. The van der Waals surface area contributed by atoms with Gasteiger partial charge >= 0.3 is 0 Å². The van der Waals surface area contributed by atoms with Crippen molar-refractivity contribution in [3.8, 4) is 0 Å². The summed E-state index contributed by atoms with van der Waals surface area (Å²) >= 11 is 0. The molecule has 1 aliphatic heterocycles. The first-order valence-electron chi connectivity index (χ1n) is 6.74. The molecule has 2 aromatic carbocycles. The number of nitrogens with zero attached hydrogens (tertiary/aromatic N) is 1. The molecular formula is C16H19N3. The van der Waals surface area contributed by atoms with Crippen LogP contribution < -0.4 is 16.4 Å². The number of anilines is 2. The molecule has 98 valence electrons. The van der Waals surface area contributed by atoms with E-state index in [-0.39, 0.29) is 6.04 Å². The second-order valence-corrected chi connectivity index (χ2v) is 4.89. The first kappa shape index (κ1) is 12.2. The summed E-state index contributed by atoms with van der Waals surface area (Å²) in [7, 11) is 0. The lowest BCUT2D eigenvalue weighted by molar-refractivity contribution is 0.773. The summed E-state index contributed by atoms with van der Waals surface area (Å²) in [5.41, 5.74) is 16.9. The summed E-state index contributed by atoms with van der Waals surface area (Å²) in [6.07, 6.45) is 0.970. The number of hydrogen-bond donors (Lipinski definition) is 2. The smallest absolute Gasteiger partial charge is 0.0593 e. The van der Waals surface area contributed by atoms with Crippen molar-refractivity contribution in [3.63, 3.8) is 0 Å². The van der Waals surface area contributed by atoms with Crippen molar-refractivity contribution in [1.82, 2.24) is 0 Å². The Bertz CT molecular complexity index is 532. The summed E-state index contributed by atoms with van der Waals surface area (Å²) in [6, 6.07) is 16.7. The van der Waals surface area contributed by atoms with Crippen LogP contribution in [0.15, 0.2) is 48.5 Å². The van der Waals surface area contributed by atoms with Crippen LogP contribution in [0.4, 0.5) is 11.4 Å². The van der Waals surface area contributed by atoms with Gasteiger partial charge in [0.1, 0.15) is 0 Å². The molecule has 0 aromatic heterocycles. The quantitative estimate of drug-likeness (QED) is 0.883. The summed E-state index contributed by atoms with van der Waals surface area (Å²) in [4.78, 5) is 2.33. The molecule has 3 heteroatoms. The zero-order chi connectivity index (χ0) is 13.2. The zero-order valence-electron chi connectivity index (χ0n) is 10.9. The van der Waals surface area contributed by atoms with E-state index >= 15 is 0 Å². The Hall–Kier alpha value is -1.84. The third kappa shape index (κ3) is 2.01. The molecule has 0 bridgehead atoms. The Morgan fingerprint density at radius 1 is 0.895 bits per heavy atom. The minimum absolute atomic E-state index is 0.0403. The minimum Gasteiger partial charge on any atom is -0.341 e. The van der Waals surface area contributed by atoms with Crippen molar-refractivity contribution in [2.24, 2.45) is 11.5 Å². The van der Waals surface area contributed by atoms with E-state index in [2.05, 4.69) is 41.3 Å². The van der Waals surface area contributed by atoms with E-state index in [1.165, 1.54) is 22.5 Å². The molecule has 0 spiro atoms. The second kappa shape index (κ2) is 5.03. The SMILES string of the molecule is NCCCN1c2ccccc2C(N)c2ccccc21. The molecule has 3 nitrogen and oxygen atoms in total. The highest BCUT2D eigenvalue weighted by Crippen LogP contribution is 2.42. The minimum atomic E-state index is -0.0403. The van der Waals surface area contributed by atoms with Crippen LogP contribution in [0.1, 0.15) is 23.6 Å². The molecule has 1 aliphatic rings. The zero-order valence-corrected chi connectivity index (χ0v) is 10.9. The van der Waals surface area contributed by atoms with Gasteiger partial charge in [-0.1, -0.05) is 36.4 Å². The molecule has 4 N–H and O–H groups in total. The van der Waals surface area contributed by atoms with Crippen molar-refractivity contribution in [2.45, 2.75) is 12.5 Å². The summed E-state index contributed by atoms with van der Waals surface area (Å²) in [5, 5.41) is 0. The Morgan fingerprint density at radius 2 is 1.42 bits per heavy atom. The molecule has 1 heterocycles. The maximum atomic E-state index is 6.40. The molecule has 0 amide bonds. The van der Waals surface area contributed by atoms with Gasteiger partial charge in [0.25, 0.3) is 0 Å². The highest BCUT2D eigenvalue weighted by Gasteiger charge is 2.26. The number of rotatable bonds is 3. The van der Waals surface area contributed by atoms with Crippen LogP contribution in [0, 0.1) is 0 Å². The van der Waals surface area contributed by atoms with Gasteiger partial charge in [-0.15, -0.1) is 0 Å². The first-order valence-corrected chi connectivity index (χ1v) is 6.74. The van der Waals surface area contributed by atoms with Crippen LogP contribution in [0.5, 0.6) is 0 Å². The number of nitrogens with two attached hydrogens (primary N) is 2. The molecule has 0 saturated heterocycles. The third-order valence-electron chi connectivity index (χ3n) is 3.71. The number of para-hydroxylation sites is 2. The Labute approximate surface area is 113 Å². The van der Waals surface area contributed by atoms with Gasteiger partial charge in [-0.25, -0.2) is 0 Å². The van der Waals surface area contributed by atoms with Gasteiger partial charge in [0.15, 0.2) is 0 Å². The maximum Gasteiger partial charge on any atom is 0.0593 e. The predicted molar refractivity (Wildman–Crippen MR) is 79.6 cm³/mol. The van der Waals surface area contributed by atoms with Crippen LogP contribution in [0.25, 0.3) is 0 Å². The molecule has 2 aromatic rings. The van der Waals surface area contributed by atoms with Gasteiger partial charge in [-0.05, 0) is 36.2 Å². The van der Waals surface area contributed by atoms with Gasteiger partial charge in [-0.2, -0.15) is 0 Å². The van der Waals surface area contributed by atoms with Crippen molar-refractivity contribution >= 4 is 11.4 Å². The number of benzene rings is 2. The van der Waals surface area contributed by atoms with Crippen molar-refractivity contribution in [3.05, 3.63) is 59.7 Å². The molecule has 0 radical (unpaired) electrons. The molecule has 19 heavy (non-hydrogen) atoms. The van der Waals surface area contributed by atoms with E-state index < -0.39 is 0 Å². The summed E-state index contributed by atoms with van der Waals surface area (Å²) < 4.78 is 0. The van der Waals surface area contributed by atoms with Crippen LogP contribution >= 0.6 is 0 Å². The van der Waals surface area contributed by atoms with E-state index in [0.29, 0.717) is 6.54 Å². The van der Waals surface area contributed by atoms with Gasteiger partial charge in [0, 0.05) is 17.9 Å². The summed E-state index contributed by atoms with van der Waals surface area (Å²) in [5.74, 6) is 0. The highest BCUT2D eigenvalue weighted by molar-refractivity contribution is 5.75. The Balaban J connectivity index is 2.12. The van der Waals surface area contributed by atoms with Crippen LogP contribution in [-0.2, 0) is 0 Å². The monoisotopic (exact) mass is 253 g/mol. The van der Waals surface area contributed by atoms with Crippen LogP contribution in [0.2, 0.25) is 0 Å². The topological polar surface area (TPSA) is 55.3 Å². The van der Waals surface area contributed by atoms with E-state index in [1.54, 1.807) is 0 Å². The van der Waals surface area contributed by atoms with Gasteiger partial charge in [-0.3, -0.25) is 0 Å². The Morgan fingerprint density at radius 3 is 1.95 bits per heavy atom. The molecule has 0 fully saturated rings. The number of hydrogen-bond acceptors (Lipinski definition) is 3. The molecule has 0 saturated carbocycles. The molecule has 3 rings (SSSR count). The van der Waals surface area contributed by atoms with E-state index in [9.17, 15) is 0 Å². The maximum absolute atomic E-state index is 6.40. The van der Waals surface area contributed by atoms with E-state index in [1.807, 2.05) is 12.1 Å². The highest BCUT2D eigenvalue weighted by atomic mass is 15.2. The van der Waals surface area contributed by atoms with Gasteiger partial charge in [0.2, 0.25) is 0 Å². The third-order valence-corrected chi connectivity index (χ3v) is 3.71. The van der Waals surface area contributed by atoms with Crippen LogP contribution in [-0.4, -0.2) is 13.1 Å². The molecular weight excluding hydrogens is 234 g/mol. The van der Waals surface area contributed by atoms with Gasteiger partial charge in [0.05, 0.1) is 6.04 Å². The summed E-state index contributed by atoms with van der Waals surface area (Å²) in [6.45, 7) is 1.63. The lowest BCUT2D eigenvalue weighted by Gasteiger charge is -2.36. The predicted octanol–water partition coefficient (Wildman–Crippen LogP) is 2.54. The van der Waals surface area contributed by atoms with Crippen molar-refractivity contribution in [1.29, 1.82) is 0 Å². The number of fused-ring (bicyclic) bond motifs is 2. The lowest BCUT2D eigenvalue weighted by atomic mass is 9.91. The molecule has 0 unspecified atom stereocenters. The average molecular weight is 253 g/mol. The van der Waals surface area contributed by atoms with E-state index in [0.717, 1.165) is 13.0 Å². The lowest BCUT2D eigenvalue weighted by Crippen LogP contribution is -2.30. The largest absolute Gasteiger partial charge is 0.341 e. The van der Waals surface area contributed by atoms with Gasteiger partial charge < -0.3 is 16.4 Å². The fraction of sp³-hybridized carbons (Fsp3) is 0.250. The van der Waals surface area contributed by atoms with Crippen molar-refractivity contribution < 1.29 is 0 Å². The fourth-order valence-electron chi connectivity index (χ4n) is 2.78. The first-order chi connectivity index (χ1) is 9.33. The standard InChI is InChI=1S/C16H19N3/c17-10-5-11-19-14-8-3-1-6-12(14)16(18)13-7-2-4-9-15(13)19/h1-4,6-9,16H,5,10-11,17-18H2. The fourth-order valence-corrected chi connectivity index (χ4v) is 2.78. The average Bonchev–Trinajstić information content (AvgIpc) is 2.47. The molecule has 0 aliphatic carbocycles. The van der Waals surface area contributed by atoms with E-state index in [4.69, 9.17) is 11.5 Å².